The Morgan fingerprint density at radius 3 is 2.50 bits per heavy atom. The molecule has 1 aromatic carbocycles. The molecule has 7 nitrogen and oxygen atoms in total. The van der Waals surface area contributed by atoms with Gasteiger partial charge < -0.3 is 25.0 Å². The summed E-state index contributed by atoms with van der Waals surface area (Å²) in [7, 11) is 5.61. The first-order valence-electron chi connectivity index (χ1n) is 11.3. The third-order valence-electron chi connectivity index (χ3n) is 5.52. The summed E-state index contributed by atoms with van der Waals surface area (Å²) in [5.41, 5.74) is 1.30. The molecule has 2 N–H and O–H groups in total. The van der Waals surface area contributed by atoms with Crippen LogP contribution >= 0.6 is 0 Å². The van der Waals surface area contributed by atoms with E-state index in [1.807, 2.05) is 12.1 Å². The number of nitrogens with zero attached hydrogens (tertiary/aromatic N) is 3. The van der Waals surface area contributed by atoms with Crippen molar-refractivity contribution in [3.8, 4) is 5.75 Å². The summed E-state index contributed by atoms with van der Waals surface area (Å²) < 4.78 is 10.5. The van der Waals surface area contributed by atoms with Gasteiger partial charge in [0.25, 0.3) is 0 Å². The van der Waals surface area contributed by atoms with E-state index < -0.39 is 0 Å². The van der Waals surface area contributed by atoms with E-state index in [2.05, 4.69) is 46.5 Å². The molecule has 0 amide bonds. The quantitative estimate of drug-likeness (QED) is 0.291. The Labute approximate surface area is 182 Å². The van der Waals surface area contributed by atoms with Crippen molar-refractivity contribution in [3.63, 3.8) is 0 Å². The van der Waals surface area contributed by atoms with Gasteiger partial charge in [0.15, 0.2) is 5.96 Å². The first-order chi connectivity index (χ1) is 14.7. The van der Waals surface area contributed by atoms with Gasteiger partial charge in [-0.2, -0.15) is 0 Å². The minimum absolute atomic E-state index is 0.297. The number of likely N-dealkylation sites (N-methyl/N-ethyl adjacent to an activating group) is 1. The molecule has 170 valence electrons. The fourth-order valence-corrected chi connectivity index (χ4v) is 3.79. The van der Waals surface area contributed by atoms with Crippen molar-refractivity contribution in [2.45, 2.75) is 32.2 Å². The molecule has 0 radical (unpaired) electrons. The van der Waals surface area contributed by atoms with E-state index in [0.29, 0.717) is 6.04 Å². The number of aliphatic imine (C=N–C) groups is 1. The number of hydrogen-bond acceptors (Lipinski definition) is 5. The fourth-order valence-electron chi connectivity index (χ4n) is 3.79. The molecule has 1 aromatic rings. The summed E-state index contributed by atoms with van der Waals surface area (Å²) in [6, 6.07) is 8.74. The van der Waals surface area contributed by atoms with Crippen LogP contribution in [-0.4, -0.2) is 89.4 Å². The summed E-state index contributed by atoms with van der Waals surface area (Å²) in [6.07, 6.45) is 3.59. The molecule has 0 bridgehead atoms. The van der Waals surface area contributed by atoms with Gasteiger partial charge >= 0.3 is 0 Å². The normalized spacial score (nSPS) is 16.1. The summed E-state index contributed by atoms with van der Waals surface area (Å²) in [5, 5.41) is 6.87. The third kappa shape index (κ3) is 8.50. The predicted octanol–water partition coefficient (Wildman–Crippen LogP) is 2.36. The number of benzene rings is 1. The van der Waals surface area contributed by atoms with Crippen molar-refractivity contribution >= 4 is 5.96 Å². The van der Waals surface area contributed by atoms with Crippen molar-refractivity contribution in [1.29, 1.82) is 0 Å². The number of methoxy groups -OCH3 is 2. The third-order valence-corrected chi connectivity index (χ3v) is 5.52. The van der Waals surface area contributed by atoms with Gasteiger partial charge in [0, 0.05) is 39.9 Å². The maximum Gasteiger partial charge on any atom is 0.191 e. The van der Waals surface area contributed by atoms with Crippen LogP contribution in [0.1, 0.15) is 37.8 Å². The topological polar surface area (TPSA) is 61.4 Å². The van der Waals surface area contributed by atoms with Gasteiger partial charge in [-0.25, -0.2) is 0 Å². The van der Waals surface area contributed by atoms with Crippen LogP contribution in [0, 0.1) is 0 Å². The van der Waals surface area contributed by atoms with Crippen LogP contribution in [0.15, 0.2) is 29.3 Å². The standard InChI is InChI=1S/C23H41N5O2/c1-5-24-23(25-13-17-27(2)14-8-18-29-3)26-19-22(28-15-6-7-16-28)20-9-11-21(30-4)12-10-20/h9-12,22H,5-8,13-19H2,1-4H3,(H2,24,25,26). The summed E-state index contributed by atoms with van der Waals surface area (Å²) in [6.45, 7) is 9.68. The summed E-state index contributed by atoms with van der Waals surface area (Å²) >= 11 is 0. The number of guanidine groups is 1. The number of ether oxygens (including phenoxy) is 2. The highest BCUT2D eigenvalue weighted by Gasteiger charge is 2.23. The number of nitrogens with one attached hydrogen (secondary N) is 2. The Balaban J connectivity index is 1.95. The average molecular weight is 420 g/mol. The minimum atomic E-state index is 0.297. The van der Waals surface area contributed by atoms with Crippen LogP contribution < -0.4 is 15.4 Å². The Morgan fingerprint density at radius 1 is 1.13 bits per heavy atom. The van der Waals surface area contributed by atoms with Gasteiger partial charge in [-0.05, 0) is 64.0 Å². The van der Waals surface area contributed by atoms with E-state index in [9.17, 15) is 0 Å². The number of rotatable bonds is 13. The smallest absolute Gasteiger partial charge is 0.191 e. The van der Waals surface area contributed by atoms with Crippen LogP contribution in [0.4, 0.5) is 0 Å². The predicted molar refractivity (Wildman–Crippen MR) is 125 cm³/mol. The molecule has 1 fully saturated rings. The Bertz CT molecular complexity index is 602. The van der Waals surface area contributed by atoms with Crippen molar-refractivity contribution in [1.82, 2.24) is 20.4 Å². The molecular formula is C23H41N5O2. The molecule has 1 aliphatic rings. The maximum absolute atomic E-state index is 5.33. The molecule has 1 atom stereocenters. The lowest BCUT2D eigenvalue weighted by Crippen LogP contribution is -2.41. The molecule has 1 heterocycles. The van der Waals surface area contributed by atoms with E-state index >= 15 is 0 Å². The lowest BCUT2D eigenvalue weighted by Gasteiger charge is -2.27. The Morgan fingerprint density at radius 2 is 1.87 bits per heavy atom. The van der Waals surface area contributed by atoms with Gasteiger partial charge in [0.1, 0.15) is 5.75 Å². The van der Waals surface area contributed by atoms with Gasteiger partial charge in [-0.3, -0.25) is 9.89 Å². The highest BCUT2D eigenvalue weighted by atomic mass is 16.5. The van der Waals surface area contributed by atoms with E-state index in [-0.39, 0.29) is 0 Å². The molecule has 0 aliphatic carbocycles. The first-order valence-corrected chi connectivity index (χ1v) is 11.3. The molecule has 2 rings (SSSR count). The molecule has 30 heavy (non-hydrogen) atoms. The van der Waals surface area contributed by atoms with Gasteiger partial charge in [0.05, 0.1) is 19.7 Å². The second kappa shape index (κ2) is 14.2. The minimum Gasteiger partial charge on any atom is -0.497 e. The fraction of sp³-hybridized carbons (Fsp3) is 0.696. The number of hydrogen-bond donors (Lipinski definition) is 2. The SMILES string of the molecule is CCNC(=NCC(c1ccc(OC)cc1)N1CCCC1)NCCN(C)CCCOC. The lowest BCUT2D eigenvalue weighted by molar-refractivity contribution is 0.180. The molecular weight excluding hydrogens is 378 g/mol. The second-order valence-electron chi connectivity index (χ2n) is 7.83. The monoisotopic (exact) mass is 419 g/mol. The van der Waals surface area contributed by atoms with E-state index in [0.717, 1.165) is 70.6 Å². The summed E-state index contributed by atoms with van der Waals surface area (Å²) in [4.78, 5) is 9.81. The lowest BCUT2D eigenvalue weighted by atomic mass is 10.1. The molecule has 0 spiro atoms. The molecule has 1 aliphatic heterocycles. The largest absolute Gasteiger partial charge is 0.497 e. The van der Waals surface area contributed by atoms with Crippen LogP contribution in [0.3, 0.4) is 0 Å². The molecule has 0 saturated carbocycles. The van der Waals surface area contributed by atoms with E-state index in [4.69, 9.17) is 14.5 Å². The molecule has 7 heteroatoms. The van der Waals surface area contributed by atoms with Crippen molar-refractivity contribution in [2.75, 3.05) is 73.7 Å². The Hall–Kier alpha value is -1.83. The zero-order valence-corrected chi connectivity index (χ0v) is 19.3. The van der Waals surface area contributed by atoms with Crippen LogP contribution in [0.5, 0.6) is 5.75 Å². The summed E-state index contributed by atoms with van der Waals surface area (Å²) in [5.74, 6) is 1.78. The average Bonchev–Trinajstić information content (AvgIpc) is 3.29. The van der Waals surface area contributed by atoms with Crippen LogP contribution in [0.2, 0.25) is 0 Å². The van der Waals surface area contributed by atoms with Gasteiger partial charge in [0.2, 0.25) is 0 Å². The highest BCUT2D eigenvalue weighted by molar-refractivity contribution is 5.79. The van der Waals surface area contributed by atoms with Gasteiger partial charge in [-0.1, -0.05) is 12.1 Å². The van der Waals surface area contributed by atoms with Crippen LogP contribution in [-0.2, 0) is 4.74 Å². The first kappa shape index (κ1) is 24.4. The van der Waals surface area contributed by atoms with Crippen LogP contribution in [0.25, 0.3) is 0 Å². The number of likely N-dealkylation sites (tertiary alicyclic amines) is 1. The van der Waals surface area contributed by atoms with E-state index in [1.165, 1.54) is 18.4 Å². The highest BCUT2D eigenvalue weighted by Crippen LogP contribution is 2.27. The van der Waals surface area contributed by atoms with Crippen molar-refractivity contribution < 1.29 is 9.47 Å². The molecule has 1 unspecified atom stereocenters. The van der Waals surface area contributed by atoms with Crippen molar-refractivity contribution in [3.05, 3.63) is 29.8 Å². The maximum atomic E-state index is 5.33. The molecule has 1 saturated heterocycles. The second-order valence-corrected chi connectivity index (χ2v) is 7.83. The van der Waals surface area contributed by atoms with E-state index in [1.54, 1.807) is 14.2 Å². The van der Waals surface area contributed by atoms with Crippen molar-refractivity contribution in [2.24, 2.45) is 4.99 Å². The Kier molecular flexibility index (Phi) is 11.6. The van der Waals surface area contributed by atoms with Gasteiger partial charge in [-0.15, -0.1) is 0 Å². The molecule has 0 aromatic heterocycles. The zero-order valence-electron chi connectivity index (χ0n) is 19.3. The zero-order chi connectivity index (χ0) is 21.6.